The van der Waals surface area contributed by atoms with Gasteiger partial charge in [0.15, 0.2) is 0 Å². The molecule has 1 heterocycles. The van der Waals surface area contributed by atoms with Crippen LogP contribution in [-0.4, -0.2) is 16.1 Å². The van der Waals surface area contributed by atoms with Crippen molar-refractivity contribution < 1.29 is 9.90 Å². The third kappa shape index (κ3) is 1.67. The van der Waals surface area contributed by atoms with Crippen LogP contribution in [0.2, 0.25) is 5.02 Å². The summed E-state index contributed by atoms with van der Waals surface area (Å²) in [5.74, 6) is -1.04. The van der Waals surface area contributed by atoms with Gasteiger partial charge in [0.1, 0.15) is 0 Å². The first kappa shape index (κ1) is 10.5. The Morgan fingerprint density at radius 3 is 2.94 bits per heavy atom. The van der Waals surface area contributed by atoms with Crippen LogP contribution in [-0.2, 0) is 4.79 Å². The molecule has 0 spiro atoms. The van der Waals surface area contributed by atoms with Crippen LogP contribution in [0, 0.1) is 5.92 Å². The maximum Gasteiger partial charge on any atom is 0.307 e. The van der Waals surface area contributed by atoms with Crippen molar-refractivity contribution in [2.24, 2.45) is 5.92 Å². The van der Waals surface area contributed by atoms with Gasteiger partial charge in [0.2, 0.25) is 0 Å². The summed E-state index contributed by atoms with van der Waals surface area (Å²) >= 11 is 6.18. The number of nitrogens with zero attached hydrogens (tertiary/aromatic N) is 1. The molecule has 86 valence electrons. The summed E-state index contributed by atoms with van der Waals surface area (Å²) in [6.45, 7) is 0. The van der Waals surface area contributed by atoms with Crippen LogP contribution in [0.25, 0.3) is 10.9 Å². The molecule has 0 radical (unpaired) electrons. The fourth-order valence-electron chi connectivity index (χ4n) is 2.28. The molecular weight excluding hydrogens is 238 g/mol. The van der Waals surface area contributed by atoms with E-state index in [1.54, 1.807) is 6.20 Å². The number of halogens is 1. The third-order valence-electron chi connectivity index (χ3n) is 3.24. The Balaban J connectivity index is 2.15. The average molecular weight is 248 g/mol. The van der Waals surface area contributed by atoms with Gasteiger partial charge < -0.3 is 5.11 Å². The molecule has 1 aliphatic rings. The van der Waals surface area contributed by atoms with E-state index in [1.165, 1.54) is 0 Å². The molecule has 1 aliphatic carbocycles. The lowest BCUT2D eigenvalue weighted by molar-refractivity contribution is -0.138. The molecule has 1 aromatic heterocycles. The highest BCUT2D eigenvalue weighted by Crippen LogP contribution is 2.51. The van der Waals surface area contributed by atoms with Crippen molar-refractivity contribution in [3.8, 4) is 0 Å². The molecule has 2 atom stereocenters. The molecule has 4 heteroatoms. The molecule has 3 rings (SSSR count). The SMILES string of the molecule is O=C(O)C1CC1c1c(Cl)ccc2cccnc12. The van der Waals surface area contributed by atoms with Crippen LogP contribution in [0.3, 0.4) is 0 Å². The quantitative estimate of drug-likeness (QED) is 0.887. The highest BCUT2D eigenvalue weighted by atomic mass is 35.5. The first-order valence-corrected chi connectivity index (χ1v) is 5.82. The molecular formula is C13H10ClNO2. The number of carbonyl (C=O) groups is 1. The molecule has 2 aromatic rings. The van der Waals surface area contributed by atoms with Gasteiger partial charge in [-0.2, -0.15) is 0 Å². The van der Waals surface area contributed by atoms with E-state index in [9.17, 15) is 4.79 Å². The van der Waals surface area contributed by atoms with E-state index in [0.717, 1.165) is 16.5 Å². The Hall–Kier alpha value is -1.61. The Morgan fingerprint density at radius 1 is 1.41 bits per heavy atom. The summed E-state index contributed by atoms with van der Waals surface area (Å²) in [4.78, 5) is 15.2. The molecule has 1 saturated carbocycles. The number of rotatable bonds is 2. The zero-order valence-corrected chi connectivity index (χ0v) is 9.69. The molecule has 1 N–H and O–H groups in total. The number of hydrogen-bond donors (Lipinski definition) is 1. The van der Waals surface area contributed by atoms with Crippen molar-refractivity contribution in [3.05, 3.63) is 41.0 Å². The summed E-state index contributed by atoms with van der Waals surface area (Å²) < 4.78 is 0. The zero-order valence-electron chi connectivity index (χ0n) is 8.93. The van der Waals surface area contributed by atoms with Crippen LogP contribution in [0.1, 0.15) is 17.9 Å². The number of hydrogen-bond acceptors (Lipinski definition) is 2. The maximum absolute atomic E-state index is 10.9. The number of aromatic nitrogens is 1. The number of carboxylic acid groups (broad SMARTS) is 1. The fraction of sp³-hybridized carbons (Fsp3) is 0.231. The number of carboxylic acids is 1. The Bertz CT molecular complexity index is 611. The maximum atomic E-state index is 10.9. The summed E-state index contributed by atoms with van der Waals surface area (Å²) in [5, 5.41) is 10.6. The van der Waals surface area contributed by atoms with E-state index in [4.69, 9.17) is 16.7 Å². The average Bonchev–Trinajstić information content (AvgIpc) is 3.09. The Kier molecular flexibility index (Phi) is 2.30. The van der Waals surface area contributed by atoms with E-state index in [1.807, 2.05) is 24.3 Å². The minimum absolute atomic E-state index is 0.0126. The molecule has 0 saturated heterocycles. The van der Waals surface area contributed by atoms with Gasteiger partial charge in [0, 0.05) is 28.1 Å². The summed E-state index contributed by atoms with van der Waals surface area (Å²) in [6.07, 6.45) is 2.37. The topological polar surface area (TPSA) is 50.2 Å². The number of fused-ring (bicyclic) bond motifs is 1. The van der Waals surface area contributed by atoms with Gasteiger partial charge in [-0.05, 0) is 18.6 Å². The minimum Gasteiger partial charge on any atom is -0.481 e. The lowest BCUT2D eigenvalue weighted by atomic mass is 10.0. The van der Waals surface area contributed by atoms with Gasteiger partial charge in [-0.15, -0.1) is 0 Å². The van der Waals surface area contributed by atoms with Gasteiger partial charge in [-0.3, -0.25) is 9.78 Å². The second kappa shape index (κ2) is 3.70. The Morgan fingerprint density at radius 2 is 2.24 bits per heavy atom. The molecule has 0 aliphatic heterocycles. The number of pyridine rings is 1. The van der Waals surface area contributed by atoms with Gasteiger partial charge in [-0.1, -0.05) is 23.7 Å². The second-order valence-corrected chi connectivity index (χ2v) is 4.73. The largest absolute Gasteiger partial charge is 0.481 e. The predicted molar refractivity (Wildman–Crippen MR) is 65.2 cm³/mol. The number of aliphatic carboxylic acids is 1. The van der Waals surface area contributed by atoms with Crippen molar-refractivity contribution in [1.82, 2.24) is 4.98 Å². The minimum atomic E-state index is -0.751. The van der Waals surface area contributed by atoms with Crippen molar-refractivity contribution in [1.29, 1.82) is 0 Å². The lowest BCUT2D eigenvalue weighted by Crippen LogP contribution is -2.00. The van der Waals surface area contributed by atoms with Crippen molar-refractivity contribution in [2.75, 3.05) is 0 Å². The monoisotopic (exact) mass is 247 g/mol. The molecule has 0 bridgehead atoms. The predicted octanol–water partition coefficient (Wildman–Crippen LogP) is 3.08. The van der Waals surface area contributed by atoms with Gasteiger partial charge in [0.05, 0.1) is 11.4 Å². The van der Waals surface area contributed by atoms with Crippen LogP contribution in [0.5, 0.6) is 0 Å². The third-order valence-corrected chi connectivity index (χ3v) is 3.57. The Labute approximate surface area is 103 Å². The van der Waals surface area contributed by atoms with Gasteiger partial charge in [0.25, 0.3) is 0 Å². The fourth-order valence-corrected chi connectivity index (χ4v) is 2.58. The molecule has 0 amide bonds. The summed E-state index contributed by atoms with van der Waals surface area (Å²) in [7, 11) is 0. The van der Waals surface area contributed by atoms with Crippen LogP contribution < -0.4 is 0 Å². The lowest BCUT2D eigenvalue weighted by Gasteiger charge is -2.06. The second-order valence-electron chi connectivity index (χ2n) is 4.32. The first-order chi connectivity index (χ1) is 8.18. The van der Waals surface area contributed by atoms with Crippen molar-refractivity contribution >= 4 is 28.5 Å². The molecule has 2 unspecified atom stereocenters. The van der Waals surface area contributed by atoms with Gasteiger partial charge >= 0.3 is 5.97 Å². The van der Waals surface area contributed by atoms with Crippen LogP contribution in [0.4, 0.5) is 0 Å². The molecule has 17 heavy (non-hydrogen) atoms. The van der Waals surface area contributed by atoms with E-state index < -0.39 is 5.97 Å². The summed E-state index contributed by atoms with van der Waals surface area (Å²) in [6, 6.07) is 7.55. The molecule has 3 nitrogen and oxygen atoms in total. The standard InChI is InChI=1S/C13H10ClNO2/c14-10-4-3-7-2-1-5-15-12(7)11(10)8-6-9(8)13(16)17/h1-5,8-9H,6H2,(H,16,17). The van der Waals surface area contributed by atoms with E-state index in [0.29, 0.717) is 11.4 Å². The van der Waals surface area contributed by atoms with Crippen LogP contribution >= 0.6 is 11.6 Å². The smallest absolute Gasteiger partial charge is 0.307 e. The summed E-state index contributed by atoms with van der Waals surface area (Å²) in [5.41, 5.74) is 1.71. The highest BCUT2D eigenvalue weighted by Gasteiger charge is 2.46. The highest BCUT2D eigenvalue weighted by molar-refractivity contribution is 6.32. The van der Waals surface area contributed by atoms with Gasteiger partial charge in [-0.25, -0.2) is 0 Å². The van der Waals surface area contributed by atoms with E-state index in [-0.39, 0.29) is 11.8 Å². The van der Waals surface area contributed by atoms with Crippen molar-refractivity contribution in [3.63, 3.8) is 0 Å². The molecule has 1 aromatic carbocycles. The van der Waals surface area contributed by atoms with E-state index in [2.05, 4.69) is 4.98 Å². The van der Waals surface area contributed by atoms with Crippen molar-refractivity contribution in [2.45, 2.75) is 12.3 Å². The normalized spacial score (nSPS) is 22.6. The zero-order chi connectivity index (χ0) is 12.0. The van der Waals surface area contributed by atoms with E-state index >= 15 is 0 Å². The van der Waals surface area contributed by atoms with Crippen LogP contribution in [0.15, 0.2) is 30.5 Å². The first-order valence-electron chi connectivity index (χ1n) is 5.44. The molecule has 1 fully saturated rings. The number of benzene rings is 1.